The summed E-state index contributed by atoms with van der Waals surface area (Å²) in [6.07, 6.45) is 3.20. The van der Waals surface area contributed by atoms with Gasteiger partial charge in [0.15, 0.2) is 5.82 Å². The number of hydrogen-bond acceptors (Lipinski definition) is 5. The highest BCUT2D eigenvalue weighted by atomic mass is 16.2. The third-order valence-electron chi connectivity index (χ3n) is 4.91. The van der Waals surface area contributed by atoms with E-state index in [1.807, 2.05) is 24.1 Å². The van der Waals surface area contributed by atoms with Crippen molar-refractivity contribution in [3.8, 4) is 11.4 Å². The van der Waals surface area contributed by atoms with Gasteiger partial charge < -0.3 is 15.1 Å². The molecule has 0 saturated carbocycles. The Labute approximate surface area is 134 Å². The predicted molar refractivity (Wildman–Crippen MR) is 86.8 cm³/mol. The minimum Gasteiger partial charge on any atom is -0.339 e. The molecule has 1 aromatic heterocycles. The van der Waals surface area contributed by atoms with Gasteiger partial charge in [-0.1, -0.05) is 0 Å². The number of hydrogen-bond donors (Lipinski definition) is 2. The molecule has 2 N–H and O–H groups in total. The van der Waals surface area contributed by atoms with Crippen LogP contribution in [-0.2, 0) is 4.79 Å². The first-order valence-electron chi connectivity index (χ1n) is 7.90. The largest absolute Gasteiger partial charge is 0.339 e. The minimum absolute atomic E-state index is 0.235. The van der Waals surface area contributed by atoms with Gasteiger partial charge in [-0.25, -0.2) is 4.98 Å². The second-order valence-electron chi connectivity index (χ2n) is 6.24. The van der Waals surface area contributed by atoms with Gasteiger partial charge >= 0.3 is 0 Å². The molecule has 0 bridgehead atoms. The minimum atomic E-state index is -0.395. The first-order chi connectivity index (χ1) is 11.2. The highest BCUT2D eigenvalue weighted by Crippen LogP contribution is 2.37. The van der Waals surface area contributed by atoms with Crippen LogP contribution in [0.1, 0.15) is 12.8 Å². The molecule has 7 nitrogen and oxygen atoms in total. The van der Waals surface area contributed by atoms with Crippen LogP contribution in [0, 0.1) is 0 Å². The maximum absolute atomic E-state index is 12.8. The Balaban J connectivity index is 1.67. The van der Waals surface area contributed by atoms with Crippen molar-refractivity contribution in [1.82, 2.24) is 25.4 Å². The van der Waals surface area contributed by atoms with Crippen molar-refractivity contribution in [3.05, 3.63) is 30.6 Å². The Hall–Kier alpha value is -2.41. The molecule has 2 aliphatic heterocycles. The third kappa shape index (κ3) is 2.19. The van der Waals surface area contributed by atoms with Crippen molar-refractivity contribution in [2.75, 3.05) is 31.7 Å². The van der Waals surface area contributed by atoms with E-state index < -0.39 is 5.54 Å². The summed E-state index contributed by atoms with van der Waals surface area (Å²) in [5.41, 5.74) is 1.67. The maximum Gasteiger partial charge on any atom is 0.249 e. The highest BCUT2D eigenvalue weighted by molar-refractivity contribution is 5.93. The smallest absolute Gasteiger partial charge is 0.249 e. The molecule has 0 radical (unpaired) electrons. The number of nitrogens with one attached hydrogen (secondary N) is 2. The van der Waals surface area contributed by atoms with Crippen LogP contribution in [0.4, 0.5) is 5.69 Å². The number of H-pyrrole nitrogens is 1. The van der Waals surface area contributed by atoms with Crippen molar-refractivity contribution in [1.29, 1.82) is 0 Å². The molecule has 3 heterocycles. The molecule has 2 aliphatic rings. The van der Waals surface area contributed by atoms with E-state index in [0.29, 0.717) is 6.67 Å². The molecule has 7 heteroatoms. The number of piperidine rings is 1. The van der Waals surface area contributed by atoms with E-state index in [9.17, 15) is 4.79 Å². The summed E-state index contributed by atoms with van der Waals surface area (Å²) in [4.78, 5) is 21.0. The molecular weight excluding hydrogens is 292 g/mol. The summed E-state index contributed by atoms with van der Waals surface area (Å²) in [6, 6.07) is 8.17. The monoisotopic (exact) mass is 312 g/mol. The van der Waals surface area contributed by atoms with E-state index in [1.165, 1.54) is 6.33 Å². The zero-order valence-electron chi connectivity index (χ0n) is 13.1. The normalized spacial score (nSPS) is 20.5. The Bertz CT molecular complexity index is 690. The van der Waals surface area contributed by atoms with Crippen LogP contribution < -0.4 is 10.2 Å². The van der Waals surface area contributed by atoms with Gasteiger partial charge in [0.25, 0.3) is 0 Å². The Kier molecular flexibility index (Phi) is 3.30. The lowest BCUT2D eigenvalue weighted by Crippen LogP contribution is -2.55. The summed E-state index contributed by atoms with van der Waals surface area (Å²) in [7, 11) is 1.88. The molecule has 2 aromatic rings. The highest BCUT2D eigenvalue weighted by Gasteiger charge is 2.51. The molecule has 2 fully saturated rings. The van der Waals surface area contributed by atoms with E-state index in [1.54, 1.807) is 0 Å². The van der Waals surface area contributed by atoms with Crippen LogP contribution in [0.25, 0.3) is 11.4 Å². The molecule has 1 spiro atoms. The number of amides is 1. The molecule has 23 heavy (non-hydrogen) atoms. The fourth-order valence-electron chi connectivity index (χ4n) is 3.68. The zero-order chi connectivity index (χ0) is 15.9. The Morgan fingerprint density at radius 3 is 2.57 bits per heavy atom. The molecule has 0 atom stereocenters. The number of benzene rings is 1. The second-order valence-corrected chi connectivity index (χ2v) is 6.24. The lowest BCUT2D eigenvalue weighted by molar-refractivity contribution is -0.131. The van der Waals surface area contributed by atoms with Crippen LogP contribution in [0.5, 0.6) is 0 Å². The van der Waals surface area contributed by atoms with Crippen molar-refractivity contribution in [2.24, 2.45) is 0 Å². The van der Waals surface area contributed by atoms with Crippen molar-refractivity contribution >= 4 is 11.6 Å². The number of anilines is 1. The maximum atomic E-state index is 12.8. The molecule has 4 rings (SSSR count). The average Bonchev–Trinajstić information content (AvgIpc) is 3.20. The van der Waals surface area contributed by atoms with Gasteiger partial charge in [-0.3, -0.25) is 9.89 Å². The van der Waals surface area contributed by atoms with Gasteiger partial charge in [-0.2, -0.15) is 5.10 Å². The lowest BCUT2D eigenvalue weighted by Gasteiger charge is -2.40. The standard InChI is InChI=1S/C16H20N6O/c1-21-11-22(16(15(21)23)6-8-17-9-7-16)13-4-2-12(3-5-13)14-18-10-19-20-14/h2-5,10,17H,6-9,11H2,1H3,(H,18,19,20). The molecule has 2 saturated heterocycles. The number of carbonyl (C=O) groups excluding carboxylic acids is 1. The molecular formula is C16H20N6O. The molecule has 0 unspecified atom stereocenters. The molecule has 120 valence electrons. The average molecular weight is 312 g/mol. The van der Waals surface area contributed by atoms with E-state index in [0.717, 1.165) is 43.0 Å². The van der Waals surface area contributed by atoms with Crippen molar-refractivity contribution in [3.63, 3.8) is 0 Å². The third-order valence-corrected chi connectivity index (χ3v) is 4.91. The zero-order valence-corrected chi connectivity index (χ0v) is 13.1. The van der Waals surface area contributed by atoms with Gasteiger partial charge in [0.05, 0.1) is 6.67 Å². The van der Waals surface area contributed by atoms with Gasteiger partial charge in [0.1, 0.15) is 11.9 Å². The van der Waals surface area contributed by atoms with Gasteiger partial charge in [0, 0.05) is 18.3 Å². The SMILES string of the molecule is CN1CN(c2ccc(-c3ncn[nH]3)cc2)C2(CCNCC2)C1=O. The number of aromatic nitrogens is 3. The Morgan fingerprint density at radius 1 is 1.17 bits per heavy atom. The summed E-state index contributed by atoms with van der Waals surface area (Å²) in [5.74, 6) is 0.987. The van der Waals surface area contributed by atoms with Gasteiger partial charge in [-0.05, 0) is 50.2 Å². The van der Waals surface area contributed by atoms with Crippen LogP contribution in [-0.4, -0.2) is 58.3 Å². The van der Waals surface area contributed by atoms with Crippen LogP contribution in [0.2, 0.25) is 0 Å². The van der Waals surface area contributed by atoms with Crippen LogP contribution in [0.15, 0.2) is 30.6 Å². The number of nitrogens with zero attached hydrogens (tertiary/aromatic N) is 4. The molecule has 1 amide bonds. The summed E-state index contributed by atoms with van der Waals surface area (Å²) in [5, 5.41) is 10.1. The van der Waals surface area contributed by atoms with E-state index in [2.05, 4.69) is 37.5 Å². The number of aromatic amines is 1. The van der Waals surface area contributed by atoms with Gasteiger partial charge in [-0.15, -0.1) is 0 Å². The fraction of sp³-hybridized carbons (Fsp3) is 0.438. The molecule has 1 aromatic carbocycles. The quantitative estimate of drug-likeness (QED) is 0.859. The first kappa shape index (κ1) is 14.2. The van der Waals surface area contributed by atoms with Gasteiger partial charge in [0.2, 0.25) is 5.91 Å². The fourth-order valence-corrected chi connectivity index (χ4v) is 3.68. The second kappa shape index (κ2) is 5.34. The summed E-state index contributed by atoms with van der Waals surface area (Å²) < 4.78 is 0. The van der Waals surface area contributed by atoms with Crippen LogP contribution >= 0.6 is 0 Å². The number of carbonyl (C=O) groups is 1. The predicted octanol–water partition coefficient (Wildman–Crippen LogP) is 0.830. The van der Waals surface area contributed by atoms with Crippen LogP contribution in [0.3, 0.4) is 0 Å². The molecule has 0 aliphatic carbocycles. The van der Waals surface area contributed by atoms with E-state index >= 15 is 0 Å². The number of rotatable bonds is 2. The Morgan fingerprint density at radius 2 is 1.91 bits per heavy atom. The lowest BCUT2D eigenvalue weighted by atomic mass is 9.86. The first-order valence-corrected chi connectivity index (χ1v) is 7.90. The van der Waals surface area contributed by atoms with E-state index in [4.69, 9.17) is 0 Å². The topological polar surface area (TPSA) is 77.2 Å². The number of likely N-dealkylation sites (N-methyl/N-ethyl adjacent to an activating group) is 1. The van der Waals surface area contributed by atoms with Crippen molar-refractivity contribution < 1.29 is 4.79 Å². The van der Waals surface area contributed by atoms with E-state index in [-0.39, 0.29) is 5.91 Å². The summed E-state index contributed by atoms with van der Waals surface area (Å²) in [6.45, 7) is 2.40. The van der Waals surface area contributed by atoms with Crippen molar-refractivity contribution in [2.45, 2.75) is 18.4 Å². The summed E-state index contributed by atoms with van der Waals surface area (Å²) >= 11 is 0.